The molecule has 8 nitrogen and oxygen atoms in total. The number of halogens is 1. The SMILES string of the molecule is COC(=O)CC(NC(=O)c1coc(CN)c1)c1ccc(OC)c(OC)c1.Cl. The third kappa shape index (κ3) is 5.63. The van der Waals surface area contributed by atoms with Crippen LogP contribution in [0.1, 0.15) is 34.1 Å². The minimum atomic E-state index is -0.619. The van der Waals surface area contributed by atoms with Gasteiger partial charge >= 0.3 is 5.97 Å². The Bertz CT molecular complexity index is 777. The predicted octanol–water partition coefficient (Wildman–Crippen LogP) is 2.21. The second-order valence-corrected chi connectivity index (χ2v) is 5.43. The molecule has 0 saturated heterocycles. The molecule has 0 saturated carbocycles. The second-order valence-electron chi connectivity index (χ2n) is 5.43. The van der Waals surface area contributed by atoms with E-state index in [4.69, 9.17) is 24.4 Å². The summed E-state index contributed by atoms with van der Waals surface area (Å²) in [6, 6.07) is 6.09. The van der Waals surface area contributed by atoms with Gasteiger partial charge < -0.3 is 29.7 Å². The summed E-state index contributed by atoms with van der Waals surface area (Å²) in [5, 5.41) is 2.80. The lowest BCUT2D eigenvalue weighted by atomic mass is 10.0. The topological polar surface area (TPSA) is 113 Å². The molecular formula is C18H23ClN2O6. The van der Waals surface area contributed by atoms with Crippen molar-refractivity contribution in [1.29, 1.82) is 0 Å². The Labute approximate surface area is 163 Å². The summed E-state index contributed by atoms with van der Waals surface area (Å²) in [6.45, 7) is 0.189. The van der Waals surface area contributed by atoms with Gasteiger partial charge in [0.05, 0.1) is 45.9 Å². The molecule has 0 spiro atoms. The number of carbonyl (C=O) groups is 2. The number of hydrogen-bond acceptors (Lipinski definition) is 7. The summed E-state index contributed by atoms with van der Waals surface area (Å²) in [5.74, 6) is 0.674. The van der Waals surface area contributed by atoms with Crippen molar-refractivity contribution in [3.8, 4) is 11.5 Å². The second kappa shape index (κ2) is 10.4. The van der Waals surface area contributed by atoms with Crippen molar-refractivity contribution >= 4 is 24.3 Å². The Morgan fingerprint density at radius 3 is 2.41 bits per heavy atom. The van der Waals surface area contributed by atoms with Crippen LogP contribution < -0.4 is 20.5 Å². The average Bonchev–Trinajstić information content (AvgIpc) is 3.16. The van der Waals surface area contributed by atoms with Crippen molar-refractivity contribution < 1.29 is 28.2 Å². The predicted molar refractivity (Wildman–Crippen MR) is 100 cm³/mol. The number of nitrogens with two attached hydrogens (primary N) is 1. The molecule has 0 radical (unpaired) electrons. The van der Waals surface area contributed by atoms with E-state index in [2.05, 4.69) is 5.32 Å². The van der Waals surface area contributed by atoms with Gasteiger partial charge in [0.1, 0.15) is 12.0 Å². The monoisotopic (exact) mass is 398 g/mol. The maximum atomic E-state index is 12.5. The maximum Gasteiger partial charge on any atom is 0.307 e. The first kappa shape index (κ1) is 22.3. The fourth-order valence-corrected chi connectivity index (χ4v) is 2.42. The number of benzene rings is 1. The van der Waals surface area contributed by atoms with Gasteiger partial charge in [-0.1, -0.05) is 6.07 Å². The van der Waals surface area contributed by atoms with E-state index < -0.39 is 17.9 Å². The molecule has 0 bridgehead atoms. The number of carbonyl (C=O) groups excluding carboxylic acids is 2. The lowest BCUT2D eigenvalue weighted by molar-refractivity contribution is -0.141. The summed E-state index contributed by atoms with van der Waals surface area (Å²) < 4.78 is 20.4. The molecule has 148 valence electrons. The molecule has 27 heavy (non-hydrogen) atoms. The van der Waals surface area contributed by atoms with Crippen LogP contribution in [0.5, 0.6) is 11.5 Å². The molecule has 9 heteroatoms. The van der Waals surface area contributed by atoms with E-state index in [1.165, 1.54) is 27.6 Å². The Kier molecular flexibility index (Phi) is 8.64. The van der Waals surface area contributed by atoms with Crippen molar-refractivity contribution in [3.63, 3.8) is 0 Å². The van der Waals surface area contributed by atoms with E-state index in [0.717, 1.165) is 0 Å². The van der Waals surface area contributed by atoms with Crippen LogP contribution in [0.25, 0.3) is 0 Å². The first-order valence-electron chi connectivity index (χ1n) is 7.89. The van der Waals surface area contributed by atoms with E-state index in [1.54, 1.807) is 24.3 Å². The van der Waals surface area contributed by atoms with E-state index in [9.17, 15) is 9.59 Å². The summed E-state index contributed by atoms with van der Waals surface area (Å²) in [6.07, 6.45) is 1.28. The zero-order valence-electron chi connectivity index (χ0n) is 15.3. The number of hydrogen-bond donors (Lipinski definition) is 2. The molecule has 0 aliphatic rings. The van der Waals surface area contributed by atoms with Gasteiger partial charge in [-0.3, -0.25) is 9.59 Å². The number of methoxy groups -OCH3 is 3. The summed E-state index contributed by atoms with van der Waals surface area (Å²) in [4.78, 5) is 24.3. The number of amides is 1. The standard InChI is InChI=1S/C18H22N2O6.ClH/c1-23-15-5-4-11(7-16(15)24-2)14(8-17(21)25-3)20-18(22)12-6-13(9-19)26-10-12;/h4-7,10,14H,8-9,19H2,1-3H3,(H,20,22);1H. The quantitative estimate of drug-likeness (QED) is 0.655. The van der Waals surface area contributed by atoms with E-state index in [-0.39, 0.29) is 25.4 Å². The van der Waals surface area contributed by atoms with Gasteiger partial charge in [0, 0.05) is 0 Å². The van der Waals surface area contributed by atoms with Crippen LogP contribution in [0.15, 0.2) is 34.9 Å². The summed E-state index contributed by atoms with van der Waals surface area (Å²) >= 11 is 0. The highest BCUT2D eigenvalue weighted by molar-refractivity contribution is 5.94. The Morgan fingerprint density at radius 2 is 1.85 bits per heavy atom. The minimum absolute atomic E-state index is 0. The van der Waals surface area contributed by atoms with Crippen LogP contribution in [0, 0.1) is 0 Å². The number of furan rings is 1. The van der Waals surface area contributed by atoms with E-state index >= 15 is 0 Å². The third-order valence-electron chi connectivity index (χ3n) is 3.83. The van der Waals surface area contributed by atoms with Crippen LogP contribution in [0.2, 0.25) is 0 Å². The van der Waals surface area contributed by atoms with Crippen molar-refractivity contribution in [2.45, 2.75) is 19.0 Å². The van der Waals surface area contributed by atoms with E-state index in [1.807, 2.05) is 0 Å². The van der Waals surface area contributed by atoms with Gasteiger partial charge in [-0.25, -0.2) is 0 Å². The lowest BCUT2D eigenvalue weighted by Gasteiger charge is -2.19. The zero-order valence-corrected chi connectivity index (χ0v) is 16.1. The number of rotatable bonds is 8. The molecule has 0 aliphatic carbocycles. The van der Waals surface area contributed by atoms with Gasteiger partial charge in [-0.05, 0) is 23.8 Å². The first-order chi connectivity index (χ1) is 12.5. The van der Waals surface area contributed by atoms with Gasteiger partial charge in [0.2, 0.25) is 0 Å². The highest BCUT2D eigenvalue weighted by Crippen LogP contribution is 2.31. The summed E-state index contributed by atoms with van der Waals surface area (Å²) in [7, 11) is 4.33. The molecular weight excluding hydrogens is 376 g/mol. The van der Waals surface area contributed by atoms with Gasteiger partial charge in [0.25, 0.3) is 5.91 Å². The van der Waals surface area contributed by atoms with Gasteiger partial charge in [0.15, 0.2) is 11.5 Å². The summed E-state index contributed by atoms with van der Waals surface area (Å²) in [5.41, 5.74) is 6.48. The van der Waals surface area contributed by atoms with Crippen LogP contribution in [-0.2, 0) is 16.1 Å². The molecule has 1 atom stereocenters. The molecule has 1 amide bonds. The minimum Gasteiger partial charge on any atom is -0.493 e. The molecule has 0 aliphatic heterocycles. The molecule has 1 aromatic heterocycles. The first-order valence-corrected chi connectivity index (χ1v) is 7.89. The number of nitrogens with one attached hydrogen (secondary N) is 1. The molecule has 2 rings (SSSR count). The number of esters is 1. The maximum absolute atomic E-state index is 12.5. The normalized spacial score (nSPS) is 11.1. The van der Waals surface area contributed by atoms with Crippen molar-refractivity contribution in [2.24, 2.45) is 5.73 Å². The van der Waals surface area contributed by atoms with Crippen molar-refractivity contribution in [3.05, 3.63) is 47.4 Å². The van der Waals surface area contributed by atoms with Crippen LogP contribution in [-0.4, -0.2) is 33.2 Å². The van der Waals surface area contributed by atoms with E-state index in [0.29, 0.717) is 28.4 Å². The van der Waals surface area contributed by atoms with Crippen molar-refractivity contribution in [2.75, 3.05) is 21.3 Å². The van der Waals surface area contributed by atoms with Crippen molar-refractivity contribution in [1.82, 2.24) is 5.32 Å². The fourth-order valence-electron chi connectivity index (χ4n) is 2.42. The third-order valence-corrected chi connectivity index (χ3v) is 3.83. The molecule has 2 aromatic rings. The smallest absolute Gasteiger partial charge is 0.307 e. The molecule has 1 aromatic carbocycles. The lowest BCUT2D eigenvalue weighted by Crippen LogP contribution is -2.30. The number of ether oxygens (including phenoxy) is 3. The van der Waals surface area contributed by atoms with Gasteiger partial charge in [-0.2, -0.15) is 0 Å². The molecule has 1 unspecified atom stereocenters. The van der Waals surface area contributed by atoms with Crippen LogP contribution in [0.4, 0.5) is 0 Å². The highest BCUT2D eigenvalue weighted by Gasteiger charge is 2.22. The molecule has 1 heterocycles. The fraction of sp³-hybridized carbons (Fsp3) is 0.333. The Hall–Kier alpha value is -2.71. The highest BCUT2D eigenvalue weighted by atomic mass is 35.5. The largest absolute Gasteiger partial charge is 0.493 e. The van der Waals surface area contributed by atoms with Crippen LogP contribution >= 0.6 is 12.4 Å². The Morgan fingerprint density at radius 1 is 1.15 bits per heavy atom. The zero-order chi connectivity index (χ0) is 19.1. The average molecular weight is 399 g/mol. The van der Waals surface area contributed by atoms with Crippen LogP contribution in [0.3, 0.4) is 0 Å². The van der Waals surface area contributed by atoms with Gasteiger partial charge in [-0.15, -0.1) is 12.4 Å². The molecule has 0 fully saturated rings. The molecule has 3 N–H and O–H groups in total. The Balaban J connectivity index is 0.00000364.